The summed E-state index contributed by atoms with van der Waals surface area (Å²) >= 11 is 5.71. The van der Waals surface area contributed by atoms with E-state index in [-0.39, 0.29) is 0 Å². The summed E-state index contributed by atoms with van der Waals surface area (Å²) in [6, 6.07) is 18.9. The van der Waals surface area contributed by atoms with Gasteiger partial charge in [0.25, 0.3) is 0 Å². The smallest absolute Gasteiger partial charge is 0.226 e. The number of nitrogens with zero attached hydrogens (tertiary/aromatic N) is 1. The number of aldehydes is 1. The molecule has 0 bridgehead atoms. The Kier molecular flexibility index (Phi) is 5.92. The molecule has 0 aliphatic heterocycles. The molecule has 0 aliphatic carbocycles. The van der Waals surface area contributed by atoms with Crippen molar-refractivity contribution >= 4 is 17.9 Å². The van der Waals surface area contributed by atoms with E-state index in [0.29, 0.717) is 11.8 Å². The Labute approximate surface area is 134 Å². The summed E-state index contributed by atoms with van der Waals surface area (Å²) < 4.78 is 5.50. The van der Waals surface area contributed by atoms with E-state index < -0.39 is 0 Å². The van der Waals surface area contributed by atoms with E-state index in [1.165, 1.54) is 0 Å². The van der Waals surface area contributed by atoms with Gasteiger partial charge in [0.05, 0.1) is 11.6 Å². The molecule has 0 fully saturated rings. The second-order valence-electron chi connectivity index (χ2n) is 4.55. The molecule has 0 atom stereocenters. The maximum atomic E-state index is 10.0. The lowest BCUT2D eigenvalue weighted by atomic mass is 10.2. The lowest BCUT2D eigenvalue weighted by Crippen LogP contribution is -1.80. The number of rotatable bonds is 3. The van der Waals surface area contributed by atoms with Crippen LogP contribution in [0.4, 0.5) is 0 Å². The zero-order chi connectivity index (χ0) is 15.8. The van der Waals surface area contributed by atoms with Gasteiger partial charge in [-0.2, -0.15) is 0 Å². The normalized spacial score (nSPS) is 9.73. The van der Waals surface area contributed by atoms with Crippen LogP contribution in [0.15, 0.2) is 65.1 Å². The summed E-state index contributed by atoms with van der Waals surface area (Å²) in [6.45, 7) is 1.87. The van der Waals surface area contributed by atoms with Gasteiger partial charge in [0, 0.05) is 11.1 Å². The molecule has 0 N–H and O–H groups in total. The predicted molar refractivity (Wildman–Crippen MR) is 88.1 cm³/mol. The van der Waals surface area contributed by atoms with Crippen LogP contribution in [0.2, 0.25) is 0 Å². The number of carbonyl (C=O) groups excluding carboxylic acids is 1. The quantitative estimate of drug-likeness (QED) is 0.511. The molecule has 0 saturated heterocycles. The summed E-state index contributed by atoms with van der Waals surface area (Å²) in [4.78, 5) is 14.3. The van der Waals surface area contributed by atoms with Gasteiger partial charge >= 0.3 is 0 Å². The van der Waals surface area contributed by atoms with Gasteiger partial charge < -0.3 is 4.42 Å². The van der Waals surface area contributed by atoms with Crippen LogP contribution < -0.4 is 0 Å². The van der Waals surface area contributed by atoms with E-state index >= 15 is 0 Å². The number of hydrogen-bond donors (Lipinski definition) is 0. The molecule has 3 aromatic rings. The number of aromatic nitrogens is 1. The monoisotopic (exact) mass is 313 g/mol. The largest absolute Gasteiger partial charge is 0.441 e. The van der Waals surface area contributed by atoms with Crippen molar-refractivity contribution < 1.29 is 9.21 Å². The highest BCUT2D eigenvalue weighted by molar-refractivity contribution is 6.16. The standard InChI is InChI=1S/C11H10ClNO.C7H6O/c1-8-10(7-12)13-11(14-8)9-5-3-2-4-6-9;8-6-7-4-2-1-3-5-7/h2-6H,7H2,1H3;1-6H. The molecule has 3 rings (SSSR count). The number of halogens is 1. The van der Waals surface area contributed by atoms with Crippen LogP contribution >= 0.6 is 11.6 Å². The van der Waals surface area contributed by atoms with E-state index in [1.54, 1.807) is 12.1 Å². The van der Waals surface area contributed by atoms with Crippen LogP contribution in [0, 0.1) is 6.92 Å². The first-order valence-corrected chi connectivity index (χ1v) is 7.36. The lowest BCUT2D eigenvalue weighted by molar-refractivity contribution is 0.112. The van der Waals surface area contributed by atoms with Gasteiger partial charge in [-0.3, -0.25) is 4.79 Å². The number of oxazole rings is 1. The van der Waals surface area contributed by atoms with Gasteiger partial charge in [0.2, 0.25) is 5.89 Å². The maximum Gasteiger partial charge on any atom is 0.226 e. The minimum Gasteiger partial charge on any atom is -0.441 e. The average Bonchev–Trinajstić information content (AvgIpc) is 2.98. The highest BCUT2D eigenvalue weighted by atomic mass is 35.5. The Bertz CT molecular complexity index is 708. The van der Waals surface area contributed by atoms with E-state index in [0.717, 1.165) is 28.9 Å². The molecule has 0 radical (unpaired) electrons. The van der Waals surface area contributed by atoms with Crippen molar-refractivity contribution in [3.05, 3.63) is 77.7 Å². The summed E-state index contributed by atoms with van der Waals surface area (Å²) in [7, 11) is 0. The molecule has 0 saturated carbocycles. The fourth-order valence-corrected chi connectivity index (χ4v) is 2.04. The summed E-state index contributed by atoms with van der Waals surface area (Å²) in [6.07, 6.45) is 0.833. The summed E-state index contributed by atoms with van der Waals surface area (Å²) in [5, 5.41) is 0. The van der Waals surface area contributed by atoms with Crippen molar-refractivity contribution in [2.24, 2.45) is 0 Å². The van der Waals surface area contributed by atoms with Gasteiger partial charge in [0.1, 0.15) is 12.0 Å². The summed E-state index contributed by atoms with van der Waals surface area (Å²) in [5.74, 6) is 1.82. The fourth-order valence-electron chi connectivity index (χ4n) is 1.79. The molecule has 4 heteroatoms. The van der Waals surface area contributed by atoms with Crippen molar-refractivity contribution in [3.63, 3.8) is 0 Å². The van der Waals surface area contributed by atoms with Crippen LogP contribution in [0.25, 0.3) is 11.5 Å². The molecular formula is C18H16ClNO2. The van der Waals surface area contributed by atoms with E-state index in [2.05, 4.69) is 4.98 Å². The minimum atomic E-state index is 0.391. The molecule has 0 amide bonds. The van der Waals surface area contributed by atoms with Gasteiger partial charge in [-0.15, -0.1) is 11.6 Å². The first-order chi connectivity index (χ1) is 10.7. The minimum absolute atomic E-state index is 0.391. The van der Waals surface area contributed by atoms with Crippen LogP contribution in [0.3, 0.4) is 0 Å². The Balaban J connectivity index is 0.000000188. The fraction of sp³-hybridized carbons (Fsp3) is 0.111. The number of hydrogen-bond acceptors (Lipinski definition) is 3. The van der Waals surface area contributed by atoms with Gasteiger partial charge in [-0.25, -0.2) is 4.98 Å². The van der Waals surface area contributed by atoms with Crippen molar-refractivity contribution in [1.29, 1.82) is 0 Å². The number of aryl methyl sites for hydroxylation is 1. The Morgan fingerprint density at radius 1 is 1.05 bits per heavy atom. The Morgan fingerprint density at radius 3 is 2.09 bits per heavy atom. The molecule has 1 heterocycles. The molecule has 112 valence electrons. The number of carbonyl (C=O) groups is 1. The zero-order valence-corrected chi connectivity index (χ0v) is 13.0. The average molecular weight is 314 g/mol. The maximum absolute atomic E-state index is 10.0. The number of alkyl halides is 1. The third-order valence-corrected chi connectivity index (χ3v) is 3.23. The van der Waals surface area contributed by atoms with Crippen LogP contribution in [0.5, 0.6) is 0 Å². The predicted octanol–water partition coefficient (Wildman–Crippen LogP) is 4.89. The number of benzene rings is 2. The second kappa shape index (κ2) is 8.15. The van der Waals surface area contributed by atoms with Crippen LogP contribution in [-0.4, -0.2) is 11.3 Å². The highest BCUT2D eigenvalue weighted by Crippen LogP contribution is 2.21. The second-order valence-corrected chi connectivity index (χ2v) is 4.82. The van der Waals surface area contributed by atoms with Crippen molar-refractivity contribution in [1.82, 2.24) is 4.98 Å². The SMILES string of the molecule is Cc1oc(-c2ccccc2)nc1CCl.O=Cc1ccccc1. The van der Waals surface area contributed by atoms with Crippen molar-refractivity contribution in [2.75, 3.05) is 0 Å². The van der Waals surface area contributed by atoms with Gasteiger partial charge in [0.15, 0.2) is 0 Å². The molecule has 2 aromatic carbocycles. The molecule has 0 spiro atoms. The van der Waals surface area contributed by atoms with E-state index in [1.807, 2.05) is 55.5 Å². The van der Waals surface area contributed by atoms with Crippen LogP contribution in [0.1, 0.15) is 21.8 Å². The molecule has 1 aromatic heterocycles. The van der Waals surface area contributed by atoms with Crippen molar-refractivity contribution in [2.45, 2.75) is 12.8 Å². The molecule has 0 unspecified atom stereocenters. The van der Waals surface area contributed by atoms with Crippen molar-refractivity contribution in [3.8, 4) is 11.5 Å². The molecule has 3 nitrogen and oxygen atoms in total. The molecule has 0 aliphatic rings. The first kappa shape index (κ1) is 16.0. The summed E-state index contributed by atoms with van der Waals surface area (Å²) in [5.41, 5.74) is 2.52. The Hall–Kier alpha value is -2.39. The third kappa shape index (κ3) is 4.30. The highest BCUT2D eigenvalue weighted by Gasteiger charge is 2.09. The molecular weight excluding hydrogens is 298 g/mol. The van der Waals surface area contributed by atoms with E-state index in [4.69, 9.17) is 16.0 Å². The third-order valence-electron chi connectivity index (χ3n) is 2.98. The van der Waals surface area contributed by atoms with Gasteiger partial charge in [-0.05, 0) is 19.1 Å². The first-order valence-electron chi connectivity index (χ1n) is 6.82. The van der Waals surface area contributed by atoms with Crippen LogP contribution in [-0.2, 0) is 5.88 Å². The van der Waals surface area contributed by atoms with E-state index in [9.17, 15) is 4.79 Å². The molecule has 22 heavy (non-hydrogen) atoms. The lowest BCUT2D eigenvalue weighted by Gasteiger charge is -1.91. The van der Waals surface area contributed by atoms with Gasteiger partial charge in [-0.1, -0.05) is 48.5 Å². The Morgan fingerprint density at radius 2 is 1.64 bits per heavy atom. The zero-order valence-electron chi connectivity index (χ0n) is 12.2. The topological polar surface area (TPSA) is 43.1 Å².